The van der Waals surface area contributed by atoms with E-state index in [0.717, 1.165) is 5.56 Å². The second kappa shape index (κ2) is 13.3. The van der Waals surface area contributed by atoms with Crippen LogP contribution in [0.1, 0.15) is 18.6 Å². The van der Waals surface area contributed by atoms with Crippen molar-refractivity contribution in [1.82, 2.24) is 15.6 Å². The fraction of sp³-hybridized carbons (Fsp3) is 0.333. The van der Waals surface area contributed by atoms with Gasteiger partial charge >= 0.3 is 0 Å². The third-order valence-electron chi connectivity index (χ3n) is 3.46. The highest BCUT2D eigenvalue weighted by Gasteiger charge is 2.10. The summed E-state index contributed by atoms with van der Waals surface area (Å²) >= 11 is 18.1. The quantitative estimate of drug-likeness (QED) is 0.194. The van der Waals surface area contributed by atoms with Gasteiger partial charge in [-0.05, 0) is 36.8 Å². The first kappa shape index (κ1) is 25.0. The molecule has 0 saturated carbocycles. The lowest BCUT2D eigenvalue weighted by atomic mass is 10.1. The van der Waals surface area contributed by atoms with E-state index in [0.29, 0.717) is 46.5 Å². The molecule has 1 atom stereocenters. The van der Waals surface area contributed by atoms with E-state index in [2.05, 4.69) is 20.6 Å². The molecule has 6 nitrogen and oxygen atoms in total. The van der Waals surface area contributed by atoms with Crippen molar-refractivity contribution < 1.29 is 9.84 Å². The summed E-state index contributed by atoms with van der Waals surface area (Å²) in [6.45, 7) is 3.65. The van der Waals surface area contributed by atoms with Gasteiger partial charge in [-0.1, -0.05) is 34.8 Å². The molecule has 0 amide bonds. The summed E-state index contributed by atoms with van der Waals surface area (Å²) in [5.41, 5.74) is 0.764. The molecule has 0 fully saturated rings. The van der Waals surface area contributed by atoms with Crippen molar-refractivity contribution in [3.8, 4) is 5.75 Å². The minimum Gasteiger partial charge on any atom is -0.489 e. The first-order chi connectivity index (χ1) is 13.0. The maximum absolute atomic E-state index is 10.2. The van der Waals surface area contributed by atoms with Gasteiger partial charge in [-0.15, -0.1) is 24.0 Å². The Kier molecular flexibility index (Phi) is 11.9. The number of aliphatic hydroxyl groups is 1. The Morgan fingerprint density at radius 1 is 1.18 bits per heavy atom. The molecule has 10 heteroatoms. The Morgan fingerprint density at radius 3 is 2.43 bits per heavy atom. The number of hydrogen-bond acceptors (Lipinski definition) is 4. The maximum atomic E-state index is 10.2. The zero-order chi connectivity index (χ0) is 19.6. The summed E-state index contributed by atoms with van der Waals surface area (Å²) in [6.07, 6.45) is 2.57. The van der Waals surface area contributed by atoms with Gasteiger partial charge in [0.15, 0.2) is 11.7 Å². The van der Waals surface area contributed by atoms with Gasteiger partial charge in [0.25, 0.3) is 0 Å². The van der Waals surface area contributed by atoms with Crippen LogP contribution in [0.4, 0.5) is 0 Å². The van der Waals surface area contributed by atoms with Crippen LogP contribution in [0.5, 0.6) is 5.75 Å². The van der Waals surface area contributed by atoms with Crippen LogP contribution >= 0.6 is 58.8 Å². The number of halogens is 4. The normalized spacial score (nSPS) is 12.1. The molecule has 1 aromatic carbocycles. The summed E-state index contributed by atoms with van der Waals surface area (Å²) in [7, 11) is 0. The average molecular weight is 560 g/mol. The number of ether oxygens (including phenoxy) is 1. The topological polar surface area (TPSA) is 78.8 Å². The summed E-state index contributed by atoms with van der Waals surface area (Å²) < 4.78 is 5.62. The molecule has 0 aliphatic carbocycles. The smallest absolute Gasteiger partial charge is 0.191 e. The summed E-state index contributed by atoms with van der Waals surface area (Å²) in [4.78, 5) is 8.31. The van der Waals surface area contributed by atoms with E-state index < -0.39 is 6.10 Å². The molecule has 2 rings (SSSR count). The summed E-state index contributed by atoms with van der Waals surface area (Å²) in [6, 6.07) is 6.66. The highest BCUT2D eigenvalue weighted by molar-refractivity contribution is 14.0. The van der Waals surface area contributed by atoms with E-state index >= 15 is 0 Å². The molecule has 0 bridgehead atoms. The van der Waals surface area contributed by atoms with Crippen molar-refractivity contribution in [2.75, 3.05) is 26.2 Å². The molecule has 2 aromatic rings. The average Bonchev–Trinajstić information content (AvgIpc) is 2.65. The predicted molar refractivity (Wildman–Crippen MR) is 126 cm³/mol. The zero-order valence-corrected chi connectivity index (χ0v) is 19.8. The maximum Gasteiger partial charge on any atom is 0.191 e. The van der Waals surface area contributed by atoms with E-state index in [1.807, 2.05) is 6.92 Å². The molecule has 0 aliphatic rings. The van der Waals surface area contributed by atoms with E-state index in [4.69, 9.17) is 39.5 Å². The largest absolute Gasteiger partial charge is 0.489 e. The van der Waals surface area contributed by atoms with Crippen LogP contribution in [-0.4, -0.2) is 42.3 Å². The lowest BCUT2D eigenvalue weighted by Gasteiger charge is -2.14. The Labute approximate surface area is 196 Å². The van der Waals surface area contributed by atoms with Crippen molar-refractivity contribution in [3.05, 3.63) is 57.3 Å². The van der Waals surface area contributed by atoms with Crippen molar-refractivity contribution in [2.24, 2.45) is 4.99 Å². The number of aliphatic imine (C=N–C) groups is 1. The molecular formula is C18H22Cl3IN4O2. The lowest BCUT2D eigenvalue weighted by Crippen LogP contribution is -2.39. The van der Waals surface area contributed by atoms with Crippen molar-refractivity contribution in [1.29, 1.82) is 0 Å². The minimum atomic E-state index is -0.702. The molecule has 0 spiro atoms. The fourth-order valence-corrected chi connectivity index (χ4v) is 3.13. The number of benzene rings is 1. The third-order valence-corrected chi connectivity index (χ3v) is 4.24. The molecule has 3 N–H and O–H groups in total. The van der Waals surface area contributed by atoms with Gasteiger partial charge in [-0.2, -0.15) is 0 Å². The second-order valence-electron chi connectivity index (χ2n) is 5.49. The zero-order valence-electron chi connectivity index (χ0n) is 15.2. The van der Waals surface area contributed by atoms with Gasteiger partial charge in [0.1, 0.15) is 6.61 Å². The monoisotopic (exact) mass is 558 g/mol. The SMILES string of the molecule is CCNC(=NCC(O)c1ccncc1)NCCOc1c(Cl)cc(Cl)cc1Cl.I. The van der Waals surface area contributed by atoms with Crippen LogP contribution in [0, 0.1) is 0 Å². The second-order valence-corrected chi connectivity index (χ2v) is 6.74. The fourth-order valence-electron chi connectivity index (χ4n) is 2.20. The van der Waals surface area contributed by atoms with Gasteiger partial charge in [0.2, 0.25) is 0 Å². The molecule has 0 saturated heterocycles. The van der Waals surface area contributed by atoms with E-state index in [-0.39, 0.29) is 30.5 Å². The molecular weight excluding hydrogens is 537 g/mol. The molecule has 1 aromatic heterocycles. The standard InChI is InChI=1S/C18H21Cl3N4O2.HI/c1-2-23-18(25-11-16(26)12-3-5-22-6-4-12)24-7-8-27-17-14(20)9-13(19)10-15(17)21;/h3-6,9-10,16,26H,2,7-8,11H2,1H3,(H2,23,24,25);1H. The lowest BCUT2D eigenvalue weighted by molar-refractivity contribution is 0.187. The molecule has 0 radical (unpaired) electrons. The van der Waals surface area contributed by atoms with Crippen LogP contribution in [0.15, 0.2) is 41.7 Å². The van der Waals surface area contributed by atoms with Crippen LogP contribution in [-0.2, 0) is 0 Å². The molecule has 1 heterocycles. The van der Waals surface area contributed by atoms with Crippen LogP contribution in [0.25, 0.3) is 0 Å². The first-order valence-corrected chi connectivity index (χ1v) is 9.52. The van der Waals surface area contributed by atoms with Crippen molar-refractivity contribution in [2.45, 2.75) is 13.0 Å². The summed E-state index contributed by atoms with van der Waals surface area (Å²) in [5.74, 6) is 0.960. The molecule has 1 unspecified atom stereocenters. The number of nitrogens with one attached hydrogen (secondary N) is 2. The molecule has 28 heavy (non-hydrogen) atoms. The highest BCUT2D eigenvalue weighted by Crippen LogP contribution is 2.35. The number of aliphatic hydroxyl groups excluding tert-OH is 1. The van der Waals surface area contributed by atoms with Gasteiger partial charge in [0.05, 0.1) is 29.2 Å². The number of aromatic nitrogens is 1. The number of nitrogens with zero attached hydrogens (tertiary/aromatic N) is 2. The predicted octanol–water partition coefficient (Wildman–Crippen LogP) is 4.33. The Bertz CT molecular complexity index is 743. The Balaban J connectivity index is 0.00000392. The van der Waals surface area contributed by atoms with Crippen molar-refractivity contribution >= 4 is 64.7 Å². The Morgan fingerprint density at radius 2 is 1.82 bits per heavy atom. The van der Waals surface area contributed by atoms with E-state index in [1.54, 1.807) is 36.7 Å². The van der Waals surface area contributed by atoms with Gasteiger partial charge in [0, 0.05) is 24.0 Å². The minimum absolute atomic E-state index is 0. The summed E-state index contributed by atoms with van der Waals surface area (Å²) in [5, 5.41) is 17.6. The van der Waals surface area contributed by atoms with Gasteiger partial charge < -0.3 is 20.5 Å². The molecule has 154 valence electrons. The van der Waals surface area contributed by atoms with E-state index in [1.165, 1.54) is 0 Å². The third kappa shape index (κ3) is 8.16. The number of guanidine groups is 1. The van der Waals surface area contributed by atoms with Crippen LogP contribution in [0.2, 0.25) is 15.1 Å². The van der Waals surface area contributed by atoms with Gasteiger partial charge in [-0.25, -0.2) is 0 Å². The van der Waals surface area contributed by atoms with Crippen LogP contribution in [0.3, 0.4) is 0 Å². The first-order valence-electron chi connectivity index (χ1n) is 8.38. The molecule has 0 aliphatic heterocycles. The highest BCUT2D eigenvalue weighted by atomic mass is 127. The number of rotatable bonds is 8. The van der Waals surface area contributed by atoms with Gasteiger partial charge in [-0.3, -0.25) is 9.98 Å². The Hall–Kier alpha value is -1.000. The number of hydrogen-bond donors (Lipinski definition) is 3. The van der Waals surface area contributed by atoms with Crippen LogP contribution < -0.4 is 15.4 Å². The van der Waals surface area contributed by atoms with E-state index in [9.17, 15) is 5.11 Å². The van der Waals surface area contributed by atoms with Crippen molar-refractivity contribution in [3.63, 3.8) is 0 Å². The number of pyridine rings is 1.